The summed E-state index contributed by atoms with van der Waals surface area (Å²) in [6.07, 6.45) is 0.215. The smallest absolute Gasteiger partial charge is 0.236 e. The maximum absolute atomic E-state index is 12.3. The van der Waals surface area contributed by atoms with E-state index in [0.717, 1.165) is 16.8 Å². The number of nitrogens with zero attached hydrogens (tertiary/aromatic N) is 2. The third-order valence-electron chi connectivity index (χ3n) is 4.20. The third-order valence-corrected chi connectivity index (χ3v) is 4.20. The fourth-order valence-corrected chi connectivity index (χ4v) is 2.93. The Labute approximate surface area is 134 Å². The van der Waals surface area contributed by atoms with Crippen molar-refractivity contribution >= 4 is 23.3 Å². The van der Waals surface area contributed by atoms with Crippen molar-refractivity contribution in [3.05, 3.63) is 41.2 Å². The number of amides is 2. The number of hydrogen-bond donors (Lipinski definition) is 1. The van der Waals surface area contributed by atoms with E-state index < -0.39 is 5.41 Å². The highest BCUT2D eigenvalue weighted by Gasteiger charge is 2.42. The average molecular weight is 313 g/mol. The van der Waals surface area contributed by atoms with Gasteiger partial charge in [0.1, 0.15) is 5.76 Å². The lowest BCUT2D eigenvalue weighted by molar-refractivity contribution is -0.121. The lowest BCUT2D eigenvalue weighted by Gasteiger charge is -2.16. The minimum absolute atomic E-state index is 0.0622. The number of likely N-dealkylation sites (N-methyl/N-ethyl adjacent to an activating group) is 1. The van der Waals surface area contributed by atoms with Gasteiger partial charge in [-0.05, 0) is 38.0 Å². The molecular formula is C17H19N3O3. The Morgan fingerprint density at radius 1 is 1.35 bits per heavy atom. The van der Waals surface area contributed by atoms with Crippen molar-refractivity contribution < 1.29 is 14.1 Å². The van der Waals surface area contributed by atoms with E-state index in [1.54, 1.807) is 24.9 Å². The summed E-state index contributed by atoms with van der Waals surface area (Å²) >= 11 is 0. The Balaban J connectivity index is 1.79. The van der Waals surface area contributed by atoms with Gasteiger partial charge >= 0.3 is 0 Å². The van der Waals surface area contributed by atoms with Gasteiger partial charge in [0, 0.05) is 18.8 Å². The molecule has 0 saturated heterocycles. The minimum atomic E-state index is -0.570. The van der Waals surface area contributed by atoms with E-state index in [1.807, 2.05) is 32.0 Å². The van der Waals surface area contributed by atoms with Gasteiger partial charge in [0.15, 0.2) is 5.82 Å². The lowest BCUT2D eigenvalue weighted by atomic mass is 9.85. The summed E-state index contributed by atoms with van der Waals surface area (Å²) in [4.78, 5) is 26.1. The molecule has 0 saturated carbocycles. The summed E-state index contributed by atoms with van der Waals surface area (Å²) < 4.78 is 4.92. The molecule has 6 nitrogen and oxygen atoms in total. The zero-order valence-corrected chi connectivity index (χ0v) is 13.6. The summed E-state index contributed by atoms with van der Waals surface area (Å²) in [5.41, 5.74) is 2.14. The number of rotatable bonds is 3. The predicted molar refractivity (Wildman–Crippen MR) is 86.5 cm³/mol. The highest BCUT2D eigenvalue weighted by atomic mass is 16.5. The molecule has 1 aliphatic rings. The van der Waals surface area contributed by atoms with E-state index in [4.69, 9.17) is 4.52 Å². The van der Waals surface area contributed by atoms with Gasteiger partial charge < -0.3 is 14.7 Å². The second kappa shape index (κ2) is 5.22. The van der Waals surface area contributed by atoms with Gasteiger partial charge in [-0.25, -0.2) is 0 Å². The van der Waals surface area contributed by atoms with Crippen LogP contribution in [0.25, 0.3) is 0 Å². The Morgan fingerprint density at radius 3 is 2.74 bits per heavy atom. The van der Waals surface area contributed by atoms with Crippen molar-refractivity contribution in [3.8, 4) is 0 Å². The number of aromatic nitrogens is 1. The van der Waals surface area contributed by atoms with Gasteiger partial charge in [-0.1, -0.05) is 17.3 Å². The molecule has 0 bridgehead atoms. The van der Waals surface area contributed by atoms with Gasteiger partial charge in [-0.2, -0.15) is 0 Å². The molecular weight excluding hydrogens is 294 g/mol. The first kappa shape index (κ1) is 15.3. The first-order valence-electron chi connectivity index (χ1n) is 7.44. The molecule has 0 spiro atoms. The third kappa shape index (κ3) is 2.60. The number of anilines is 2. The highest BCUT2D eigenvalue weighted by Crippen LogP contribution is 2.41. The van der Waals surface area contributed by atoms with Crippen LogP contribution in [0, 0.1) is 6.92 Å². The zero-order chi connectivity index (χ0) is 16.8. The molecule has 1 aliphatic heterocycles. The number of fused-ring (bicyclic) bond motifs is 1. The average Bonchev–Trinajstić information content (AvgIpc) is 2.96. The molecule has 23 heavy (non-hydrogen) atoms. The van der Waals surface area contributed by atoms with Crippen LogP contribution in [0.1, 0.15) is 30.7 Å². The molecule has 0 unspecified atom stereocenters. The maximum atomic E-state index is 12.3. The van der Waals surface area contributed by atoms with E-state index in [-0.39, 0.29) is 18.2 Å². The molecule has 1 aromatic heterocycles. The fraction of sp³-hybridized carbons (Fsp3) is 0.353. The van der Waals surface area contributed by atoms with E-state index in [2.05, 4.69) is 10.5 Å². The van der Waals surface area contributed by atoms with Crippen LogP contribution in [0.3, 0.4) is 0 Å². The Morgan fingerprint density at radius 2 is 2.09 bits per heavy atom. The van der Waals surface area contributed by atoms with Gasteiger partial charge in [-0.3, -0.25) is 9.59 Å². The largest absolute Gasteiger partial charge is 0.360 e. The monoisotopic (exact) mass is 313 g/mol. The maximum Gasteiger partial charge on any atom is 0.236 e. The van der Waals surface area contributed by atoms with Crippen LogP contribution in [0.15, 0.2) is 28.8 Å². The van der Waals surface area contributed by atoms with Crippen LogP contribution in [-0.2, 0) is 21.4 Å². The Hall–Kier alpha value is -2.63. The van der Waals surface area contributed by atoms with Crippen LogP contribution in [0.4, 0.5) is 11.5 Å². The van der Waals surface area contributed by atoms with Crippen LogP contribution >= 0.6 is 0 Å². The van der Waals surface area contributed by atoms with E-state index in [9.17, 15) is 9.59 Å². The number of aryl methyl sites for hydroxylation is 1. The summed E-state index contributed by atoms with van der Waals surface area (Å²) in [5.74, 6) is 0.936. The molecule has 6 heteroatoms. The first-order valence-corrected chi connectivity index (χ1v) is 7.44. The molecule has 2 amide bonds. The van der Waals surface area contributed by atoms with E-state index in [1.165, 1.54) is 0 Å². The van der Waals surface area contributed by atoms with Crippen molar-refractivity contribution in [2.45, 2.75) is 32.6 Å². The van der Waals surface area contributed by atoms with Crippen LogP contribution in [0.5, 0.6) is 0 Å². The van der Waals surface area contributed by atoms with Gasteiger partial charge in [0.05, 0.1) is 11.8 Å². The van der Waals surface area contributed by atoms with Gasteiger partial charge in [0.2, 0.25) is 11.8 Å². The summed E-state index contributed by atoms with van der Waals surface area (Å²) in [6, 6.07) is 7.37. The Kier molecular flexibility index (Phi) is 3.47. The summed E-state index contributed by atoms with van der Waals surface area (Å²) in [6.45, 7) is 5.57. The molecule has 0 atom stereocenters. The number of carbonyl (C=O) groups is 2. The Bertz CT molecular complexity index is 792. The van der Waals surface area contributed by atoms with Crippen molar-refractivity contribution in [2.24, 2.45) is 0 Å². The molecule has 2 aromatic rings. The number of carbonyl (C=O) groups excluding carboxylic acids is 2. The number of hydrogen-bond acceptors (Lipinski definition) is 4. The van der Waals surface area contributed by atoms with E-state index in [0.29, 0.717) is 11.6 Å². The predicted octanol–water partition coefficient (Wildman–Crippen LogP) is 2.42. The molecule has 1 N–H and O–H groups in total. The summed E-state index contributed by atoms with van der Waals surface area (Å²) in [5, 5.41) is 6.44. The number of benzene rings is 1. The number of nitrogens with one attached hydrogen (secondary N) is 1. The molecule has 0 aliphatic carbocycles. The summed E-state index contributed by atoms with van der Waals surface area (Å²) in [7, 11) is 1.77. The molecule has 120 valence electrons. The fourth-order valence-electron chi connectivity index (χ4n) is 2.93. The van der Waals surface area contributed by atoms with Gasteiger partial charge in [0.25, 0.3) is 0 Å². The standard InChI is InChI=1S/C17H19N3O3/c1-10-7-14(19-23-10)18-15(21)9-11-5-6-13-12(8-11)17(2,3)16(22)20(13)4/h5-8H,9H2,1-4H3,(H,18,19,21). The van der Waals surface area contributed by atoms with Crippen LogP contribution < -0.4 is 10.2 Å². The molecule has 2 heterocycles. The van der Waals surface area contributed by atoms with Crippen molar-refractivity contribution in [1.82, 2.24) is 5.16 Å². The highest BCUT2D eigenvalue weighted by molar-refractivity contribution is 6.07. The molecule has 0 radical (unpaired) electrons. The SMILES string of the molecule is Cc1cc(NC(=O)Cc2ccc3c(c2)C(C)(C)C(=O)N3C)no1. The molecule has 1 aromatic carbocycles. The second-order valence-corrected chi connectivity index (χ2v) is 6.39. The minimum Gasteiger partial charge on any atom is -0.360 e. The molecule has 0 fully saturated rings. The van der Waals surface area contributed by atoms with Crippen molar-refractivity contribution in [1.29, 1.82) is 0 Å². The second-order valence-electron chi connectivity index (χ2n) is 6.39. The lowest BCUT2D eigenvalue weighted by Crippen LogP contribution is -2.33. The van der Waals surface area contributed by atoms with Crippen LogP contribution in [-0.4, -0.2) is 24.0 Å². The van der Waals surface area contributed by atoms with Crippen LogP contribution in [0.2, 0.25) is 0 Å². The first-order chi connectivity index (χ1) is 10.8. The van der Waals surface area contributed by atoms with Crippen molar-refractivity contribution in [3.63, 3.8) is 0 Å². The van der Waals surface area contributed by atoms with Gasteiger partial charge in [-0.15, -0.1) is 0 Å². The van der Waals surface area contributed by atoms with E-state index >= 15 is 0 Å². The zero-order valence-electron chi connectivity index (χ0n) is 13.6. The molecule has 3 rings (SSSR count). The van der Waals surface area contributed by atoms with Crippen molar-refractivity contribution in [2.75, 3.05) is 17.3 Å². The topological polar surface area (TPSA) is 75.4 Å². The normalized spacial score (nSPS) is 15.7. The quantitative estimate of drug-likeness (QED) is 0.944.